The van der Waals surface area contributed by atoms with Crippen molar-refractivity contribution in [3.8, 4) is 11.5 Å². The molecule has 230 valence electrons. The van der Waals surface area contributed by atoms with Gasteiger partial charge in [0.1, 0.15) is 11.3 Å². The largest absolute Gasteiger partial charge is 0.483 e. The lowest BCUT2D eigenvalue weighted by Crippen LogP contribution is -2.30. The van der Waals surface area contributed by atoms with Crippen molar-refractivity contribution in [2.24, 2.45) is 5.14 Å². The van der Waals surface area contributed by atoms with Gasteiger partial charge in [0, 0.05) is 24.3 Å². The maximum Gasteiger partial charge on any atom is 0.422 e. The van der Waals surface area contributed by atoms with Gasteiger partial charge in [-0.1, -0.05) is 26.0 Å². The zero-order valence-electron chi connectivity index (χ0n) is 22.8. The summed E-state index contributed by atoms with van der Waals surface area (Å²) in [7, 11) is -2.70. The van der Waals surface area contributed by atoms with Crippen LogP contribution in [0.15, 0.2) is 36.5 Å². The van der Waals surface area contributed by atoms with Crippen molar-refractivity contribution in [3.05, 3.63) is 58.8 Å². The minimum Gasteiger partial charge on any atom is -0.483 e. The van der Waals surface area contributed by atoms with Crippen LogP contribution in [0.4, 0.5) is 32.0 Å². The summed E-state index contributed by atoms with van der Waals surface area (Å²) in [6.45, 7) is 1.70. The molecular formula is C26H27F6N3O6S. The monoisotopic (exact) mass is 623 g/mol. The highest BCUT2D eigenvalue weighted by atomic mass is 32.2. The second-order valence-corrected chi connectivity index (χ2v) is 10.2. The lowest BCUT2D eigenvalue weighted by molar-refractivity contribution is -0.154. The Morgan fingerprint density at radius 3 is 2.10 bits per heavy atom. The summed E-state index contributed by atoms with van der Waals surface area (Å²) in [6.07, 6.45) is -8.69. The summed E-state index contributed by atoms with van der Waals surface area (Å²) < 4.78 is 111. The van der Waals surface area contributed by atoms with Crippen LogP contribution in [-0.4, -0.2) is 58.2 Å². The molecule has 2 N–H and O–H groups in total. The fourth-order valence-corrected chi connectivity index (χ4v) is 4.53. The molecule has 3 aromatic rings. The normalized spacial score (nSPS) is 11.9. The quantitative estimate of drug-likeness (QED) is 0.252. The highest BCUT2D eigenvalue weighted by molar-refractivity contribution is 7.88. The van der Waals surface area contributed by atoms with Crippen molar-refractivity contribution in [2.75, 3.05) is 25.2 Å². The van der Waals surface area contributed by atoms with Crippen LogP contribution in [0.5, 0.6) is 11.5 Å². The molecule has 1 aromatic heterocycles. The summed E-state index contributed by atoms with van der Waals surface area (Å²) in [5.41, 5.74) is -1.31. The number of carbonyl (C=O) groups is 2. The Kier molecular flexibility index (Phi) is 10.9. The molecule has 0 aliphatic carbocycles. The van der Waals surface area contributed by atoms with Gasteiger partial charge in [-0.05, 0) is 36.2 Å². The number of amides is 1. The number of anilines is 1. The van der Waals surface area contributed by atoms with Crippen LogP contribution in [0.1, 0.15) is 45.7 Å². The third kappa shape index (κ3) is 8.79. The predicted molar refractivity (Wildman–Crippen MR) is 142 cm³/mol. The Hall–Kier alpha value is -3.92. The van der Waals surface area contributed by atoms with E-state index in [4.69, 9.17) is 14.6 Å². The van der Waals surface area contributed by atoms with E-state index in [0.29, 0.717) is 5.56 Å². The molecule has 1 amide bonds. The van der Waals surface area contributed by atoms with Crippen molar-refractivity contribution in [1.82, 2.24) is 4.98 Å². The number of nitrogens with zero attached hydrogens (tertiary/aromatic N) is 2. The van der Waals surface area contributed by atoms with Gasteiger partial charge in [-0.25, -0.2) is 13.6 Å². The molecule has 0 unspecified atom stereocenters. The number of aldehydes is 1. The molecule has 0 aliphatic heterocycles. The molecule has 2 aromatic carbocycles. The van der Waals surface area contributed by atoms with E-state index >= 15 is 0 Å². The number of hydrogen-bond acceptors (Lipinski definition) is 7. The molecule has 0 bridgehead atoms. The first kappa shape index (κ1) is 34.3. The first-order valence-electron chi connectivity index (χ1n) is 12.1. The highest BCUT2D eigenvalue weighted by Gasteiger charge is 2.35. The molecule has 1 heterocycles. The van der Waals surface area contributed by atoms with Crippen LogP contribution < -0.4 is 19.5 Å². The van der Waals surface area contributed by atoms with Gasteiger partial charge in [0.25, 0.3) is 5.91 Å². The standard InChI is InChI=1S/C24H21F6N3O6S.C2H6/c1-13-8-14(10-40(31,36)37)5-6-17(13)33(2)22(35)18-16(9-34)21(39-12-24(28,29)30)19-15(4-3-7-32-19)20(18)38-11-23(25,26)27;1-2/h3-9H,10-12H2,1-2H3,(H2,31,36,37);1-2H3. The topological polar surface area (TPSA) is 129 Å². The van der Waals surface area contributed by atoms with Gasteiger partial charge < -0.3 is 14.4 Å². The molecule has 0 aliphatic rings. The second-order valence-electron chi connectivity index (χ2n) is 8.56. The highest BCUT2D eigenvalue weighted by Crippen LogP contribution is 2.41. The Balaban J connectivity index is 0.00000301. The number of rotatable bonds is 9. The number of alkyl halides is 6. The summed E-state index contributed by atoms with van der Waals surface area (Å²) in [6, 6.07) is 6.44. The van der Waals surface area contributed by atoms with Crippen LogP contribution in [0.3, 0.4) is 0 Å². The smallest absolute Gasteiger partial charge is 0.422 e. The number of nitrogens with two attached hydrogens (primary N) is 1. The van der Waals surface area contributed by atoms with E-state index < -0.39 is 75.4 Å². The number of ether oxygens (including phenoxy) is 2. The zero-order valence-corrected chi connectivity index (χ0v) is 23.6. The van der Waals surface area contributed by atoms with Gasteiger partial charge in [-0.3, -0.25) is 14.6 Å². The van der Waals surface area contributed by atoms with Crippen molar-refractivity contribution < 1.29 is 53.8 Å². The summed E-state index contributed by atoms with van der Waals surface area (Å²) in [5.74, 6) is -3.18. The Morgan fingerprint density at radius 2 is 1.60 bits per heavy atom. The first-order chi connectivity index (χ1) is 19.4. The van der Waals surface area contributed by atoms with E-state index in [2.05, 4.69) is 4.98 Å². The minimum absolute atomic E-state index is 0.0383. The van der Waals surface area contributed by atoms with Gasteiger partial charge in [0.2, 0.25) is 10.0 Å². The van der Waals surface area contributed by atoms with Crippen molar-refractivity contribution in [2.45, 2.75) is 38.9 Å². The van der Waals surface area contributed by atoms with E-state index in [-0.39, 0.29) is 22.9 Å². The minimum atomic E-state index is -4.89. The predicted octanol–water partition coefficient (Wildman–Crippen LogP) is 5.33. The van der Waals surface area contributed by atoms with Crippen LogP contribution in [0.25, 0.3) is 10.9 Å². The lowest BCUT2D eigenvalue weighted by atomic mass is 9.99. The van der Waals surface area contributed by atoms with Gasteiger partial charge >= 0.3 is 12.4 Å². The van der Waals surface area contributed by atoms with E-state index in [0.717, 1.165) is 17.2 Å². The third-order valence-electron chi connectivity index (χ3n) is 5.40. The molecule has 3 rings (SSSR count). The summed E-state index contributed by atoms with van der Waals surface area (Å²) in [4.78, 5) is 30.7. The number of halogens is 6. The van der Waals surface area contributed by atoms with E-state index in [9.17, 15) is 44.3 Å². The first-order valence-corrected chi connectivity index (χ1v) is 13.8. The third-order valence-corrected chi connectivity index (χ3v) is 6.13. The molecule has 16 heteroatoms. The molecule has 0 saturated heterocycles. The average Bonchev–Trinajstić information content (AvgIpc) is 2.88. The molecule has 0 saturated carbocycles. The molecular weight excluding hydrogens is 596 g/mol. The fourth-order valence-electron chi connectivity index (χ4n) is 3.89. The van der Waals surface area contributed by atoms with E-state index in [1.165, 1.54) is 38.2 Å². The Bertz CT molecular complexity index is 1560. The number of hydrogen-bond donors (Lipinski definition) is 1. The van der Waals surface area contributed by atoms with Crippen molar-refractivity contribution in [3.63, 3.8) is 0 Å². The maximum atomic E-state index is 13.7. The molecule has 9 nitrogen and oxygen atoms in total. The molecule has 0 radical (unpaired) electrons. The number of pyridine rings is 1. The molecule has 0 atom stereocenters. The fraction of sp³-hybridized carbons (Fsp3) is 0.346. The zero-order chi connectivity index (χ0) is 32.0. The molecule has 0 fully saturated rings. The number of aromatic nitrogens is 1. The molecule has 0 spiro atoms. The number of aryl methyl sites for hydroxylation is 1. The van der Waals surface area contributed by atoms with E-state index in [1.807, 2.05) is 13.8 Å². The number of benzene rings is 2. The average molecular weight is 624 g/mol. The molecule has 42 heavy (non-hydrogen) atoms. The Morgan fingerprint density at radius 1 is 1.02 bits per heavy atom. The van der Waals surface area contributed by atoms with Gasteiger partial charge in [0.05, 0.1) is 16.9 Å². The summed E-state index contributed by atoms with van der Waals surface area (Å²) in [5, 5.41) is 4.74. The van der Waals surface area contributed by atoms with Gasteiger partial charge in [0.15, 0.2) is 25.2 Å². The number of primary sulfonamides is 1. The van der Waals surface area contributed by atoms with Crippen LogP contribution in [0, 0.1) is 6.92 Å². The van der Waals surface area contributed by atoms with Crippen LogP contribution in [0.2, 0.25) is 0 Å². The summed E-state index contributed by atoms with van der Waals surface area (Å²) >= 11 is 0. The SMILES string of the molecule is CC.Cc1cc(CS(N)(=O)=O)ccc1N(C)C(=O)c1c(C=O)c(OCC(F)(F)F)c2ncccc2c1OCC(F)(F)F. The number of fused-ring (bicyclic) bond motifs is 1. The van der Waals surface area contributed by atoms with Crippen LogP contribution in [-0.2, 0) is 15.8 Å². The second kappa shape index (κ2) is 13.4. The Labute approximate surface area is 237 Å². The van der Waals surface area contributed by atoms with Crippen LogP contribution >= 0.6 is 0 Å². The van der Waals surface area contributed by atoms with Gasteiger partial charge in [-0.15, -0.1) is 0 Å². The van der Waals surface area contributed by atoms with Crippen molar-refractivity contribution in [1.29, 1.82) is 0 Å². The lowest BCUT2D eigenvalue weighted by Gasteiger charge is -2.25. The number of carbonyl (C=O) groups excluding carboxylic acids is 2. The van der Waals surface area contributed by atoms with Gasteiger partial charge in [-0.2, -0.15) is 26.3 Å². The van der Waals surface area contributed by atoms with Crippen molar-refractivity contribution >= 4 is 38.8 Å². The van der Waals surface area contributed by atoms with E-state index in [1.54, 1.807) is 0 Å². The number of sulfonamides is 1. The maximum absolute atomic E-state index is 13.7.